The number of aromatic nitrogens is 2. The summed E-state index contributed by atoms with van der Waals surface area (Å²) in [5.41, 5.74) is 1.24. The lowest BCUT2D eigenvalue weighted by Crippen LogP contribution is -2.18. The number of nitriles is 1. The van der Waals surface area contributed by atoms with E-state index in [1.165, 1.54) is 41.7 Å². The molecule has 1 saturated carbocycles. The normalized spacial score (nSPS) is 21.5. The summed E-state index contributed by atoms with van der Waals surface area (Å²) in [6.07, 6.45) is 0.749. The topological polar surface area (TPSA) is 67.4 Å². The van der Waals surface area contributed by atoms with Gasteiger partial charge in [-0.3, -0.25) is 9.20 Å². The van der Waals surface area contributed by atoms with Crippen LogP contribution < -0.4 is 10.3 Å². The molecule has 0 radical (unpaired) electrons. The minimum absolute atomic E-state index is 0.0580. The van der Waals surface area contributed by atoms with Gasteiger partial charge in [0.1, 0.15) is 21.6 Å². The fourth-order valence-corrected chi connectivity index (χ4v) is 4.77. The number of hydrogen-bond acceptors (Lipinski definition) is 5. The predicted molar refractivity (Wildman–Crippen MR) is 105 cm³/mol. The van der Waals surface area contributed by atoms with Gasteiger partial charge < -0.3 is 4.74 Å². The van der Waals surface area contributed by atoms with Gasteiger partial charge in [-0.05, 0) is 37.6 Å². The molecule has 3 aromatic rings. The fraction of sp³-hybridized carbons (Fsp3) is 0.278. The number of thiazole rings is 1. The second-order valence-electron chi connectivity index (χ2n) is 6.22. The molecule has 1 aliphatic rings. The van der Waals surface area contributed by atoms with Gasteiger partial charge in [0.25, 0.3) is 5.56 Å². The molecule has 8 heteroatoms. The van der Waals surface area contributed by atoms with Crippen LogP contribution in [0.25, 0.3) is 4.96 Å². The van der Waals surface area contributed by atoms with E-state index in [1.54, 1.807) is 4.40 Å². The molecule has 0 saturated heterocycles. The second kappa shape index (κ2) is 6.32. The number of aryl methyl sites for hydroxylation is 1. The number of benzene rings is 1. The molecule has 0 N–H and O–H groups in total. The van der Waals surface area contributed by atoms with Crippen molar-refractivity contribution in [3.05, 3.63) is 62.8 Å². The average molecular weight is 481 g/mol. The van der Waals surface area contributed by atoms with E-state index in [2.05, 4.69) is 33.6 Å². The van der Waals surface area contributed by atoms with Gasteiger partial charge in [-0.15, -0.1) is 11.3 Å². The first-order valence-corrected chi connectivity index (χ1v) is 9.81. The fourth-order valence-electron chi connectivity index (χ4n) is 2.98. The van der Waals surface area contributed by atoms with Crippen LogP contribution in [0.1, 0.15) is 28.6 Å². The minimum Gasteiger partial charge on any atom is -0.487 e. The lowest BCUT2D eigenvalue weighted by molar-refractivity contribution is 0.301. The largest absolute Gasteiger partial charge is 0.487 e. The molecule has 0 aliphatic heterocycles. The van der Waals surface area contributed by atoms with Crippen molar-refractivity contribution >= 4 is 38.9 Å². The lowest BCUT2D eigenvalue weighted by atomic mass is 10.2. The molecule has 2 atom stereocenters. The highest BCUT2D eigenvalue weighted by Crippen LogP contribution is 2.58. The quantitative estimate of drug-likeness (QED) is 0.418. The molecular weight excluding hydrogens is 468 g/mol. The molecule has 1 aromatic carbocycles. The van der Waals surface area contributed by atoms with Crippen LogP contribution in [-0.4, -0.2) is 12.8 Å². The smallest absolute Gasteiger partial charge is 0.259 e. The highest BCUT2D eigenvalue weighted by Gasteiger charge is 2.56. The molecule has 1 aliphatic carbocycles. The van der Waals surface area contributed by atoms with E-state index in [9.17, 15) is 14.4 Å². The number of halogens is 2. The Hall–Kier alpha value is -1.99. The Morgan fingerprint density at radius 1 is 1.50 bits per heavy atom. The highest BCUT2D eigenvalue weighted by molar-refractivity contribution is 14.1. The Morgan fingerprint density at radius 2 is 2.23 bits per heavy atom. The van der Waals surface area contributed by atoms with Gasteiger partial charge in [0.05, 0.1) is 11.8 Å². The van der Waals surface area contributed by atoms with Crippen LogP contribution in [0.3, 0.4) is 0 Å². The van der Waals surface area contributed by atoms with Crippen molar-refractivity contribution in [1.82, 2.24) is 9.38 Å². The third-order valence-corrected chi connectivity index (χ3v) is 6.80. The first-order chi connectivity index (χ1) is 12.4. The van der Waals surface area contributed by atoms with Gasteiger partial charge in [-0.25, -0.2) is 9.37 Å². The van der Waals surface area contributed by atoms with E-state index in [0.717, 1.165) is 17.0 Å². The van der Waals surface area contributed by atoms with Crippen molar-refractivity contribution in [3.8, 4) is 11.8 Å². The Kier molecular flexibility index (Phi) is 4.23. The Balaban J connectivity index is 1.65. The molecule has 2 aromatic heterocycles. The summed E-state index contributed by atoms with van der Waals surface area (Å²) in [5, 5.41) is 9.31. The van der Waals surface area contributed by atoms with Gasteiger partial charge in [0.15, 0.2) is 4.96 Å². The Bertz CT molecular complexity index is 1100. The molecule has 2 unspecified atom stereocenters. The van der Waals surface area contributed by atoms with E-state index in [0.29, 0.717) is 16.4 Å². The van der Waals surface area contributed by atoms with Crippen molar-refractivity contribution in [2.45, 2.75) is 29.3 Å². The molecular formula is C18H13FIN3O2S. The van der Waals surface area contributed by atoms with Crippen molar-refractivity contribution in [2.75, 3.05) is 0 Å². The summed E-state index contributed by atoms with van der Waals surface area (Å²) >= 11 is 3.61. The van der Waals surface area contributed by atoms with Crippen molar-refractivity contribution < 1.29 is 9.13 Å². The van der Waals surface area contributed by atoms with Crippen LogP contribution in [0.2, 0.25) is 0 Å². The number of alkyl halides is 1. The zero-order valence-corrected chi connectivity index (χ0v) is 16.7. The zero-order chi connectivity index (χ0) is 18.5. The Morgan fingerprint density at radius 3 is 2.88 bits per heavy atom. The van der Waals surface area contributed by atoms with Crippen LogP contribution in [0.15, 0.2) is 35.1 Å². The number of rotatable bonds is 4. The second-order valence-corrected chi connectivity index (χ2v) is 9.33. The summed E-state index contributed by atoms with van der Waals surface area (Å²) in [4.78, 5) is 18.8. The zero-order valence-electron chi connectivity index (χ0n) is 13.7. The maximum Gasteiger partial charge on any atom is 0.259 e. The lowest BCUT2D eigenvalue weighted by Gasteiger charge is -2.06. The summed E-state index contributed by atoms with van der Waals surface area (Å²) in [6, 6.07) is 9.48. The number of ether oxygens (including phenoxy) is 1. The number of nitrogens with zero attached hydrogens (tertiary/aromatic N) is 3. The van der Waals surface area contributed by atoms with E-state index in [1.807, 2.05) is 6.92 Å². The van der Waals surface area contributed by atoms with Crippen molar-refractivity contribution in [3.63, 3.8) is 0 Å². The first-order valence-electron chi connectivity index (χ1n) is 7.92. The van der Waals surface area contributed by atoms with Crippen molar-refractivity contribution in [2.24, 2.45) is 0 Å². The van der Waals surface area contributed by atoms with Crippen LogP contribution in [-0.2, 0) is 6.61 Å². The highest BCUT2D eigenvalue weighted by atomic mass is 127. The first kappa shape index (κ1) is 17.4. The van der Waals surface area contributed by atoms with Gasteiger partial charge in [0.2, 0.25) is 0 Å². The molecule has 2 heterocycles. The van der Waals surface area contributed by atoms with Crippen LogP contribution >= 0.6 is 33.9 Å². The Labute approximate surface area is 166 Å². The van der Waals surface area contributed by atoms with E-state index >= 15 is 0 Å². The van der Waals surface area contributed by atoms with Gasteiger partial charge in [-0.2, -0.15) is 5.26 Å². The minimum atomic E-state index is -0.430. The molecule has 5 nitrogen and oxygen atoms in total. The maximum absolute atomic E-state index is 12.9. The third-order valence-electron chi connectivity index (χ3n) is 4.40. The predicted octanol–water partition coefficient (Wildman–Crippen LogP) is 3.97. The third kappa shape index (κ3) is 2.99. The van der Waals surface area contributed by atoms with Gasteiger partial charge in [0, 0.05) is 22.6 Å². The van der Waals surface area contributed by atoms with Crippen LogP contribution in [0, 0.1) is 24.1 Å². The number of hydrogen-bond donors (Lipinski definition) is 0. The van der Waals surface area contributed by atoms with Crippen molar-refractivity contribution in [1.29, 1.82) is 5.26 Å². The summed E-state index contributed by atoms with van der Waals surface area (Å²) in [5.74, 6) is 0.237. The van der Waals surface area contributed by atoms with E-state index in [4.69, 9.17) is 4.74 Å². The molecule has 0 amide bonds. The van der Waals surface area contributed by atoms with Crippen LogP contribution in [0.5, 0.6) is 5.75 Å². The molecule has 0 spiro atoms. The van der Waals surface area contributed by atoms with Gasteiger partial charge >= 0.3 is 0 Å². The van der Waals surface area contributed by atoms with E-state index in [-0.39, 0.29) is 23.9 Å². The number of fused-ring (bicyclic) bond motifs is 1. The molecule has 26 heavy (non-hydrogen) atoms. The average Bonchev–Trinajstić information content (AvgIpc) is 3.16. The monoisotopic (exact) mass is 481 g/mol. The van der Waals surface area contributed by atoms with E-state index < -0.39 is 3.42 Å². The summed E-state index contributed by atoms with van der Waals surface area (Å²) < 4.78 is 19.7. The standard InChI is InChI=1S/C18H13FIN3O2S/c1-10-16(14-7-18(14,20)9-21)23-15(24)6-12(22-17(23)26-10)8-25-13-4-2-11(19)3-5-13/h2-6,14H,7-8H2,1H3. The SMILES string of the molecule is Cc1sc2nc(COc3ccc(F)cc3)cc(=O)n2c1C1CC1(I)C#N. The summed E-state index contributed by atoms with van der Waals surface area (Å²) in [6.45, 7) is 2.08. The van der Waals surface area contributed by atoms with Crippen LogP contribution in [0.4, 0.5) is 4.39 Å². The molecule has 1 fully saturated rings. The molecule has 4 rings (SSSR count). The summed E-state index contributed by atoms with van der Waals surface area (Å²) in [7, 11) is 0. The molecule has 0 bridgehead atoms. The maximum atomic E-state index is 12.9. The van der Waals surface area contributed by atoms with Gasteiger partial charge in [-0.1, -0.05) is 22.6 Å². The molecule has 132 valence electrons.